The molecule has 0 aliphatic heterocycles. The number of carboxylic acids is 1. The van der Waals surface area contributed by atoms with E-state index in [0.29, 0.717) is 5.69 Å². The summed E-state index contributed by atoms with van der Waals surface area (Å²) in [5, 5.41) is 8.53. The maximum absolute atomic E-state index is 12.5. The number of nitrogen functional groups attached to an aromatic ring is 1. The summed E-state index contributed by atoms with van der Waals surface area (Å²) in [7, 11) is 1.26. The highest BCUT2D eigenvalue weighted by Crippen LogP contribution is 2.28. The number of halogens is 5. The van der Waals surface area contributed by atoms with E-state index in [0.717, 1.165) is 12.1 Å². The minimum atomic E-state index is -1.27. The van der Waals surface area contributed by atoms with Crippen LogP contribution in [0.1, 0.15) is 20.7 Å². The fourth-order valence-corrected chi connectivity index (χ4v) is 2.92. The number of methoxy groups -OCH3 is 1. The Morgan fingerprint density at radius 1 is 0.960 bits per heavy atom. The van der Waals surface area contributed by atoms with Crippen LogP contribution in [-0.2, 0) is 4.74 Å². The molecule has 0 saturated carbocycles. The summed E-state index contributed by atoms with van der Waals surface area (Å²) in [5.74, 6) is -2.50. The zero-order valence-corrected chi connectivity index (χ0v) is 15.5. The van der Waals surface area contributed by atoms with Gasteiger partial charge in [-0.3, -0.25) is 0 Å². The third-order valence-corrected chi connectivity index (χ3v) is 3.87. The number of esters is 1. The molecule has 0 spiro atoms. The first-order chi connectivity index (χ1) is 11.6. The van der Waals surface area contributed by atoms with Crippen LogP contribution in [0.3, 0.4) is 0 Å². The molecule has 10 heteroatoms. The van der Waals surface area contributed by atoms with Gasteiger partial charge in [0.25, 0.3) is 0 Å². The number of carboxylic acid groups (broad SMARTS) is 1. The maximum Gasteiger partial charge on any atom is 0.340 e. The molecule has 0 aliphatic carbocycles. The van der Waals surface area contributed by atoms with Crippen molar-refractivity contribution in [1.82, 2.24) is 0 Å². The van der Waals surface area contributed by atoms with Gasteiger partial charge in [-0.25, -0.2) is 14.0 Å². The van der Waals surface area contributed by atoms with Gasteiger partial charge in [-0.1, -0.05) is 46.4 Å². The van der Waals surface area contributed by atoms with E-state index in [4.69, 9.17) is 57.2 Å². The normalized spacial score (nSPS) is 9.84. The fraction of sp³-hybridized carbons (Fsp3) is 0.0667. The molecule has 0 aliphatic rings. The Hall–Kier alpha value is -1.73. The number of ether oxygens (including phenoxy) is 1. The molecule has 0 radical (unpaired) electrons. The third-order valence-electron chi connectivity index (χ3n) is 2.67. The van der Waals surface area contributed by atoms with Gasteiger partial charge < -0.3 is 15.6 Å². The van der Waals surface area contributed by atoms with E-state index in [2.05, 4.69) is 4.74 Å². The van der Waals surface area contributed by atoms with Gasteiger partial charge in [-0.15, -0.1) is 0 Å². The molecule has 3 N–H and O–H groups in total. The second kappa shape index (κ2) is 9.10. The molecule has 5 nitrogen and oxygen atoms in total. The topological polar surface area (TPSA) is 89.6 Å². The number of carbonyl (C=O) groups excluding carboxylic acids is 1. The van der Waals surface area contributed by atoms with Crippen LogP contribution in [-0.4, -0.2) is 24.2 Å². The lowest BCUT2D eigenvalue weighted by Gasteiger charge is -2.05. The minimum absolute atomic E-state index is 0.139. The van der Waals surface area contributed by atoms with Crippen LogP contribution in [0.4, 0.5) is 10.1 Å². The van der Waals surface area contributed by atoms with E-state index >= 15 is 0 Å². The summed E-state index contributed by atoms with van der Waals surface area (Å²) in [4.78, 5) is 21.6. The smallest absolute Gasteiger partial charge is 0.340 e. The molecule has 0 aromatic heterocycles. The van der Waals surface area contributed by atoms with Crippen LogP contribution in [0.2, 0.25) is 20.1 Å². The highest BCUT2D eigenvalue weighted by Gasteiger charge is 2.16. The standard InChI is InChI=1S/C8H7Cl2NO2.C7H3Cl2FO2/c1-13-8(12)7-5(9)2-4(11)3-6(7)10;8-4-1-3(10)2-5(9)6(4)7(11)12/h2-3H,11H2,1H3;1-2H,(H,11,12). The van der Waals surface area contributed by atoms with Crippen LogP contribution in [0, 0.1) is 5.82 Å². The van der Waals surface area contributed by atoms with Gasteiger partial charge in [-0.2, -0.15) is 0 Å². The molecule has 0 bridgehead atoms. The number of carbonyl (C=O) groups is 2. The van der Waals surface area contributed by atoms with Crippen LogP contribution >= 0.6 is 46.4 Å². The number of nitrogens with two attached hydrogens (primary N) is 1. The number of hydrogen-bond acceptors (Lipinski definition) is 4. The summed E-state index contributed by atoms with van der Waals surface area (Å²) >= 11 is 22.3. The van der Waals surface area contributed by atoms with E-state index in [1.54, 1.807) is 0 Å². The van der Waals surface area contributed by atoms with Crippen molar-refractivity contribution in [3.05, 3.63) is 61.3 Å². The Labute approximate surface area is 162 Å². The Balaban J connectivity index is 0.000000251. The molecule has 134 valence electrons. The largest absolute Gasteiger partial charge is 0.478 e. The van der Waals surface area contributed by atoms with Gasteiger partial charge in [0.15, 0.2) is 0 Å². The molecule has 25 heavy (non-hydrogen) atoms. The minimum Gasteiger partial charge on any atom is -0.478 e. The molecule has 0 amide bonds. The molecule has 0 unspecified atom stereocenters. The summed E-state index contributed by atoms with van der Waals surface area (Å²) < 4.78 is 17.0. The van der Waals surface area contributed by atoms with Crippen LogP contribution in [0.25, 0.3) is 0 Å². The lowest BCUT2D eigenvalue weighted by atomic mass is 10.2. The van der Waals surface area contributed by atoms with Crippen molar-refractivity contribution in [3.63, 3.8) is 0 Å². The van der Waals surface area contributed by atoms with Crippen LogP contribution in [0.5, 0.6) is 0 Å². The lowest BCUT2D eigenvalue weighted by molar-refractivity contribution is 0.0600. The van der Waals surface area contributed by atoms with Gasteiger partial charge in [0.1, 0.15) is 5.82 Å². The number of aromatic carboxylic acids is 1. The predicted octanol–water partition coefficient (Wildman–Crippen LogP) is 5.19. The van der Waals surface area contributed by atoms with Crippen LogP contribution < -0.4 is 5.73 Å². The number of anilines is 1. The molecular weight excluding hydrogens is 419 g/mol. The van der Waals surface area contributed by atoms with Gasteiger partial charge >= 0.3 is 11.9 Å². The van der Waals surface area contributed by atoms with Crippen molar-refractivity contribution >= 4 is 64.0 Å². The van der Waals surface area contributed by atoms with Gasteiger partial charge in [-0.05, 0) is 24.3 Å². The molecule has 2 aromatic carbocycles. The monoisotopic (exact) mass is 427 g/mol. The van der Waals surface area contributed by atoms with Crippen molar-refractivity contribution in [1.29, 1.82) is 0 Å². The van der Waals surface area contributed by atoms with Crippen molar-refractivity contribution in [3.8, 4) is 0 Å². The third kappa shape index (κ3) is 5.64. The first kappa shape index (κ1) is 21.3. The molecule has 0 saturated heterocycles. The predicted molar refractivity (Wildman–Crippen MR) is 95.6 cm³/mol. The van der Waals surface area contributed by atoms with Crippen molar-refractivity contribution in [2.45, 2.75) is 0 Å². The van der Waals surface area contributed by atoms with E-state index in [1.807, 2.05) is 0 Å². The zero-order chi connectivity index (χ0) is 19.3. The Morgan fingerprint density at radius 3 is 1.72 bits per heavy atom. The lowest BCUT2D eigenvalue weighted by Crippen LogP contribution is -2.03. The SMILES string of the molecule is COC(=O)c1c(Cl)cc(N)cc1Cl.O=C(O)c1c(Cl)cc(F)cc1Cl. The first-order valence-electron chi connectivity index (χ1n) is 6.29. The molecule has 0 atom stereocenters. The Morgan fingerprint density at radius 2 is 1.36 bits per heavy atom. The molecule has 2 rings (SSSR count). The molecule has 2 aromatic rings. The van der Waals surface area contributed by atoms with E-state index in [-0.39, 0.29) is 31.2 Å². The summed E-state index contributed by atoms with van der Waals surface area (Å²) in [6.45, 7) is 0. The second-order valence-electron chi connectivity index (χ2n) is 4.40. The maximum atomic E-state index is 12.5. The fourth-order valence-electron chi connectivity index (χ4n) is 1.64. The second-order valence-corrected chi connectivity index (χ2v) is 6.03. The summed E-state index contributed by atoms with van der Waals surface area (Å²) in [6, 6.07) is 4.69. The first-order valence-corrected chi connectivity index (χ1v) is 7.80. The van der Waals surface area contributed by atoms with Crippen LogP contribution in [0.15, 0.2) is 24.3 Å². The average Bonchev–Trinajstić information content (AvgIpc) is 2.44. The van der Waals surface area contributed by atoms with Gasteiger partial charge in [0.2, 0.25) is 0 Å². The number of hydrogen-bond donors (Lipinski definition) is 2. The van der Waals surface area contributed by atoms with Crippen molar-refractivity contribution in [2.24, 2.45) is 0 Å². The number of benzene rings is 2. The summed E-state index contributed by atoms with van der Waals surface area (Å²) in [5.41, 5.74) is 5.72. The summed E-state index contributed by atoms with van der Waals surface area (Å²) in [6.07, 6.45) is 0. The quantitative estimate of drug-likeness (QED) is 0.507. The van der Waals surface area contributed by atoms with Gasteiger partial charge in [0.05, 0.1) is 38.3 Å². The highest BCUT2D eigenvalue weighted by molar-refractivity contribution is 6.40. The zero-order valence-electron chi connectivity index (χ0n) is 12.4. The van der Waals surface area contributed by atoms with Gasteiger partial charge in [0, 0.05) is 5.69 Å². The molecular formula is C15H10Cl4FNO4. The number of rotatable bonds is 2. The van der Waals surface area contributed by atoms with E-state index in [1.165, 1.54) is 19.2 Å². The van der Waals surface area contributed by atoms with Crippen molar-refractivity contribution < 1.29 is 23.8 Å². The average molecular weight is 429 g/mol. The van der Waals surface area contributed by atoms with E-state index < -0.39 is 17.8 Å². The Kier molecular flexibility index (Phi) is 7.76. The molecule has 0 fully saturated rings. The Bertz CT molecular complexity index is 783. The molecule has 0 heterocycles. The van der Waals surface area contributed by atoms with E-state index in [9.17, 15) is 14.0 Å². The highest BCUT2D eigenvalue weighted by atomic mass is 35.5. The van der Waals surface area contributed by atoms with Crippen molar-refractivity contribution in [2.75, 3.05) is 12.8 Å².